The third-order valence-corrected chi connectivity index (χ3v) is 6.02. The zero-order valence-corrected chi connectivity index (χ0v) is 18.0. The second kappa shape index (κ2) is 9.16. The normalized spacial score (nSPS) is 14.8. The average molecular weight is 447 g/mol. The fourth-order valence-electron chi connectivity index (χ4n) is 3.08. The smallest absolute Gasteiger partial charge is 0.266 e. The van der Waals surface area contributed by atoms with E-state index in [4.69, 9.17) is 12.2 Å². The number of amides is 2. The van der Waals surface area contributed by atoms with Crippen LogP contribution in [0.4, 0.5) is 5.69 Å². The molecule has 3 aromatic rings. The molecule has 1 aliphatic rings. The number of aromatic hydroxyl groups is 1. The molecule has 4 rings (SSSR count). The molecule has 1 saturated heterocycles. The van der Waals surface area contributed by atoms with Crippen LogP contribution in [0.2, 0.25) is 0 Å². The SMILES string of the molecule is O=C(CN1C(=O)/C(=C/c2ccc(-c3ccccc3)cc2)SC1=S)Nc1ccc(O)cc1. The molecule has 0 atom stereocenters. The number of phenols is 1. The first-order valence-corrected chi connectivity index (χ1v) is 10.7. The number of thioether (sulfide) groups is 1. The Balaban J connectivity index is 1.43. The molecule has 2 N–H and O–H groups in total. The molecule has 5 nitrogen and oxygen atoms in total. The van der Waals surface area contributed by atoms with Crippen molar-refractivity contribution in [2.24, 2.45) is 0 Å². The van der Waals surface area contributed by atoms with E-state index in [1.54, 1.807) is 18.2 Å². The number of hydrogen-bond donors (Lipinski definition) is 2. The van der Waals surface area contributed by atoms with E-state index in [0.717, 1.165) is 16.7 Å². The van der Waals surface area contributed by atoms with E-state index in [0.29, 0.717) is 14.9 Å². The van der Waals surface area contributed by atoms with Crippen LogP contribution in [0.1, 0.15) is 5.56 Å². The maximum Gasteiger partial charge on any atom is 0.266 e. The third-order valence-electron chi connectivity index (χ3n) is 4.64. The minimum absolute atomic E-state index is 0.108. The molecule has 31 heavy (non-hydrogen) atoms. The molecule has 1 aliphatic heterocycles. The predicted molar refractivity (Wildman–Crippen MR) is 128 cm³/mol. The molecule has 154 valence electrons. The Morgan fingerprint density at radius 3 is 2.29 bits per heavy atom. The second-order valence-electron chi connectivity index (χ2n) is 6.85. The van der Waals surface area contributed by atoms with Gasteiger partial charge in [-0.1, -0.05) is 78.6 Å². The highest BCUT2D eigenvalue weighted by Gasteiger charge is 2.33. The van der Waals surface area contributed by atoms with Gasteiger partial charge in [-0.2, -0.15) is 0 Å². The maximum absolute atomic E-state index is 12.8. The standard InChI is InChI=1S/C24H18N2O3S2/c27-20-12-10-19(11-13-20)25-22(28)15-26-23(29)21(31-24(26)30)14-16-6-8-18(9-7-16)17-4-2-1-3-5-17/h1-14,27H,15H2,(H,25,28)/b21-14-. The zero-order chi connectivity index (χ0) is 21.8. The van der Waals surface area contributed by atoms with Gasteiger partial charge in [-0.3, -0.25) is 14.5 Å². The molecule has 2 amide bonds. The molecule has 3 aromatic carbocycles. The first-order valence-electron chi connectivity index (χ1n) is 9.49. The van der Waals surface area contributed by atoms with Gasteiger partial charge in [0, 0.05) is 5.69 Å². The van der Waals surface area contributed by atoms with Gasteiger partial charge in [-0.05, 0) is 47.0 Å². The molecule has 0 unspecified atom stereocenters. The van der Waals surface area contributed by atoms with E-state index < -0.39 is 0 Å². The lowest BCUT2D eigenvalue weighted by atomic mass is 10.0. The molecule has 1 fully saturated rings. The van der Waals surface area contributed by atoms with Crippen molar-refractivity contribution in [1.29, 1.82) is 0 Å². The molecule has 0 saturated carbocycles. The minimum atomic E-state index is -0.365. The average Bonchev–Trinajstić information content (AvgIpc) is 3.04. The Labute approximate surface area is 189 Å². The highest BCUT2D eigenvalue weighted by atomic mass is 32.2. The maximum atomic E-state index is 12.8. The fraction of sp³-hybridized carbons (Fsp3) is 0.0417. The van der Waals surface area contributed by atoms with Crippen LogP contribution in [-0.2, 0) is 9.59 Å². The molecular weight excluding hydrogens is 428 g/mol. The van der Waals surface area contributed by atoms with Gasteiger partial charge in [0.15, 0.2) is 0 Å². The summed E-state index contributed by atoms with van der Waals surface area (Å²) in [6.07, 6.45) is 1.78. The number of rotatable bonds is 5. The number of carbonyl (C=O) groups is 2. The Kier molecular flexibility index (Phi) is 6.16. The summed E-state index contributed by atoms with van der Waals surface area (Å²) in [4.78, 5) is 26.9. The Bertz CT molecular complexity index is 1160. The fourth-order valence-corrected chi connectivity index (χ4v) is 4.33. The van der Waals surface area contributed by atoms with Gasteiger partial charge >= 0.3 is 0 Å². The summed E-state index contributed by atoms with van der Waals surface area (Å²) in [7, 11) is 0. The quantitative estimate of drug-likeness (QED) is 0.331. The molecule has 7 heteroatoms. The zero-order valence-electron chi connectivity index (χ0n) is 16.3. The van der Waals surface area contributed by atoms with Crippen LogP contribution in [0.15, 0.2) is 83.8 Å². The monoisotopic (exact) mass is 446 g/mol. The van der Waals surface area contributed by atoms with Crippen molar-refractivity contribution in [3.8, 4) is 16.9 Å². The lowest BCUT2D eigenvalue weighted by Gasteiger charge is -2.14. The Morgan fingerprint density at radius 2 is 1.61 bits per heavy atom. The van der Waals surface area contributed by atoms with Crippen LogP contribution >= 0.6 is 24.0 Å². The van der Waals surface area contributed by atoms with Gasteiger partial charge in [-0.25, -0.2) is 0 Å². The lowest BCUT2D eigenvalue weighted by molar-refractivity contribution is -0.126. The predicted octanol–water partition coefficient (Wildman–Crippen LogP) is 4.90. The van der Waals surface area contributed by atoms with Crippen molar-refractivity contribution in [2.45, 2.75) is 0 Å². The number of nitrogens with zero attached hydrogens (tertiary/aromatic N) is 1. The number of benzene rings is 3. The van der Waals surface area contributed by atoms with Crippen LogP contribution in [-0.4, -0.2) is 32.7 Å². The van der Waals surface area contributed by atoms with Gasteiger partial charge in [0.1, 0.15) is 16.6 Å². The number of nitrogens with one attached hydrogen (secondary N) is 1. The Morgan fingerprint density at radius 1 is 0.968 bits per heavy atom. The molecule has 0 bridgehead atoms. The van der Waals surface area contributed by atoms with E-state index in [-0.39, 0.29) is 24.1 Å². The van der Waals surface area contributed by atoms with Crippen LogP contribution < -0.4 is 5.32 Å². The number of hydrogen-bond acceptors (Lipinski definition) is 5. The van der Waals surface area contributed by atoms with Gasteiger partial charge in [0.2, 0.25) is 5.91 Å². The topological polar surface area (TPSA) is 69.6 Å². The van der Waals surface area contributed by atoms with Crippen LogP contribution in [0.5, 0.6) is 5.75 Å². The van der Waals surface area contributed by atoms with Gasteiger partial charge in [0.05, 0.1) is 4.91 Å². The summed E-state index contributed by atoms with van der Waals surface area (Å²) in [5.41, 5.74) is 3.63. The number of carbonyl (C=O) groups excluding carboxylic acids is 2. The largest absolute Gasteiger partial charge is 0.508 e. The molecule has 0 radical (unpaired) electrons. The van der Waals surface area contributed by atoms with Crippen molar-refractivity contribution < 1.29 is 14.7 Å². The molecule has 1 heterocycles. The summed E-state index contributed by atoms with van der Waals surface area (Å²) >= 11 is 6.49. The number of anilines is 1. The highest BCUT2D eigenvalue weighted by Crippen LogP contribution is 2.32. The van der Waals surface area contributed by atoms with Crippen LogP contribution in [0.25, 0.3) is 17.2 Å². The summed E-state index contributed by atoms with van der Waals surface area (Å²) in [5.74, 6) is -0.546. The van der Waals surface area contributed by atoms with Gasteiger partial charge < -0.3 is 10.4 Å². The third kappa shape index (κ3) is 5.02. The van der Waals surface area contributed by atoms with Crippen molar-refractivity contribution in [2.75, 3.05) is 11.9 Å². The molecule has 0 aromatic heterocycles. The molecular formula is C24H18N2O3S2. The van der Waals surface area contributed by atoms with Crippen molar-refractivity contribution >= 4 is 51.9 Å². The number of thiocarbonyl (C=S) groups is 1. The summed E-state index contributed by atoms with van der Waals surface area (Å²) < 4.78 is 0.345. The molecule has 0 aliphatic carbocycles. The summed E-state index contributed by atoms with van der Waals surface area (Å²) in [6, 6.07) is 24.1. The van der Waals surface area contributed by atoms with E-state index in [2.05, 4.69) is 5.32 Å². The first-order chi connectivity index (χ1) is 15.0. The van der Waals surface area contributed by atoms with Crippen molar-refractivity contribution in [3.63, 3.8) is 0 Å². The first kappa shape index (κ1) is 20.8. The Hall–Kier alpha value is -3.42. The van der Waals surface area contributed by atoms with E-state index in [1.807, 2.05) is 54.6 Å². The van der Waals surface area contributed by atoms with Crippen molar-refractivity contribution in [3.05, 3.63) is 89.3 Å². The minimum Gasteiger partial charge on any atom is -0.508 e. The summed E-state index contributed by atoms with van der Waals surface area (Å²) in [5, 5.41) is 12.0. The van der Waals surface area contributed by atoms with E-state index in [9.17, 15) is 14.7 Å². The van der Waals surface area contributed by atoms with Crippen LogP contribution in [0, 0.1) is 0 Å². The van der Waals surface area contributed by atoms with E-state index in [1.165, 1.54) is 28.8 Å². The highest BCUT2D eigenvalue weighted by molar-refractivity contribution is 8.26. The summed E-state index contributed by atoms with van der Waals surface area (Å²) in [6.45, 7) is -0.171. The van der Waals surface area contributed by atoms with Crippen molar-refractivity contribution in [1.82, 2.24) is 4.90 Å². The van der Waals surface area contributed by atoms with Gasteiger partial charge in [0.25, 0.3) is 5.91 Å². The van der Waals surface area contributed by atoms with Gasteiger partial charge in [-0.15, -0.1) is 0 Å². The lowest BCUT2D eigenvalue weighted by Crippen LogP contribution is -2.36. The number of phenolic OH excluding ortho intramolecular Hbond substituents is 1. The second-order valence-corrected chi connectivity index (χ2v) is 8.53. The molecule has 0 spiro atoms. The van der Waals surface area contributed by atoms with Crippen LogP contribution in [0.3, 0.4) is 0 Å². The van der Waals surface area contributed by atoms with E-state index >= 15 is 0 Å².